The van der Waals surface area contributed by atoms with Crippen molar-refractivity contribution in [2.24, 2.45) is 0 Å². The zero-order chi connectivity index (χ0) is 16.3. The predicted octanol–water partition coefficient (Wildman–Crippen LogP) is 1.51. The lowest BCUT2D eigenvalue weighted by Gasteiger charge is -2.22. The number of nitro groups is 1. The van der Waals surface area contributed by atoms with Crippen molar-refractivity contribution in [2.75, 3.05) is 32.1 Å². The van der Waals surface area contributed by atoms with Crippen LogP contribution >= 0.6 is 0 Å². The van der Waals surface area contributed by atoms with E-state index in [0.29, 0.717) is 37.2 Å². The fourth-order valence-electron chi connectivity index (χ4n) is 2.77. The van der Waals surface area contributed by atoms with Crippen LogP contribution < -0.4 is 5.32 Å². The molecule has 1 atom stereocenters. The molecule has 1 aromatic rings. The van der Waals surface area contributed by atoms with Gasteiger partial charge in [0.15, 0.2) is 0 Å². The summed E-state index contributed by atoms with van der Waals surface area (Å²) in [5.74, 6) is -0.0113. The fraction of sp³-hybridized carbons (Fsp3) is 0.533. The molecule has 0 aromatic heterocycles. The topological polar surface area (TPSA) is 95.7 Å². The Balaban J connectivity index is 2.33. The molecule has 1 aliphatic rings. The van der Waals surface area contributed by atoms with Gasteiger partial charge < -0.3 is 15.3 Å². The van der Waals surface area contributed by atoms with Crippen molar-refractivity contribution in [3.63, 3.8) is 0 Å². The van der Waals surface area contributed by atoms with E-state index >= 15 is 0 Å². The minimum absolute atomic E-state index is 0.0113. The van der Waals surface area contributed by atoms with Crippen molar-refractivity contribution in [3.8, 4) is 0 Å². The maximum Gasteiger partial charge on any atom is 0.292 e. The molecule has 2 rings (SSSR count). The number of carbonyl (C=O) groups is 1. The molecular weight excluding hydrogens is 286 g/mol. The Hall–Kier alpha value is -2.15. The summed E-state index contributed by atoms with van der Waals surface area (Å²) in [5, 5.41) is 23.0. The summed E-state index contributed by atoms with van der Waals surface area (Å²) >= 11 is 0. The van der Waals surface area contributed by atoms with Gasteiger partial charge in [0.1, 0.15) is 5.69 Å². The number of benzene rings is 1. The lowest BCUT2D eigenvalue weighted by molar-refractivity contribution is -0.384. The Kier molecular flexibility index (Phi) is 4.65. The second-order valence-electron chi connectivity index (χ2n) is 5.80. The summed E-state index contributed by atoms with van der Waals surface area (Å²) in [5.41, 5.74) is 0.327. The minimum atomic E-state index is -0.705. The van der Waals surface area contributed by atoms with Crippen LogP contribution in [-0.2, 0) is 10.2 Å². The van der Waals surface area contributed by atoms with Crippen molar-refractivity contribution in [1.82, 2.24) is 4.90 Å². The first kappa shape index (κ1) is 16.2. The van der Waals surface area contributed by atoms with Crippen LogP contribution in [0, 0.1) is 10.1 Å². The lowest BCUT2D eigenvalue weighted by Crippen LogP contribution is -2.33. The maximum atomic E-state index is 12.3. The summed E-state index contributed by atoms with van der Waals surface area (Å²) in [6.45, 7) is 2.96. The highest BCUT2D eigenvalue weighted by Crippen LogP contribution is 2.38. The molecule has 1 saturated heterocycles. The molecule has 0 spiro atoms. The van der Waals surface area contributed by atoms with Crippen molar-refractivity contribution in [2.45, 2.75) is 25.2 Å². The molecule has 0 aliphatic carbocycles. The van der Waals surface area contributed by atoms with E-state index in [0.717, 1.165) is 0 Å². The first-order chi connectivity index (χ1) is 10.4. The number of hydrogen-bond donors (Lipinski definition) is 2. The van der Waals surface area contributed by atoms with Crippen LogP contribution in [0.15, 0.2) is 18.2 Å². The molecule has 1 fully saturated rings. The van der Waals surface area contributed by atoms with E-state index in [1.807, 2.05) is 6.92 Å². The molecule has 120 valence electrons. The van der Waals surface area contributed by atoms with Crippen LogP contribution in [0.2, 0.25) is 0 Å². The number of nitrogens with one attached hydrogen (secondary N) is 1. The number of likely N-dealkylation sites (tertiary alicyclic amines) is 1. The van der Waals surface area contributed by atoms with Gasteiger partial charge in [-0.1, -0.05) is 6.07 Å². The van der Waals surface area contributed by atoms with Gasteiger partial charge in [0.05, 0.1) is 10.3 Å². The smallest absolute Gasteiger partial charge is 0.292 e. The van der Waals surface area contributed by atoms with Crippen molar-refractivity contribution < 1.29 is 14.8 Å². The number of rotatable bonds is 6. The second-order valence-corrected chi connectivity index (χ2v) is 5.80. The Morgan fingerprint density at radius 2 is 2.23 bits per heavy atom. The molecule has 0 radical (unpaired) electrons. The number of aliphatic hydroxyl groups excluding tert-OH is 1. The van der Waals surface area contributed by atoms with Crippen LogP contribution in [-0.4, -0.2) is 47.6 Å². The summed E-state index contributed by atoms with van der Waals surface area (Å²) in [6.07, 6.45) is 1.16. The van der Waals surface area contributed by atoms with E-state index in [1.165, 1.54) is 6.07 Å². The van der Waals surface area contributed by atoms with E-state index in [1.54, 1.807) is 24.1 Å². The quantitative estimate of drug-likeness (QED) is 0.472. The third-order valence-corrected chi connectivity index (χ3v) is 4.25. The van der Waals surface area contributed by atoms with Crippen LogP contribution in [0.5, 0.6) is 0 Å². The van der Waals surface area contributed by atoms with Gasteiger partial charge in [-0.3, -0.25) is 14.9 Å². The van der Waals surface area contributed by atoms with Gasteiger partial charge in [0, 0.05) is 32.8 Å². The highest BCUT2D eigenvalue weighted by atomic mass is 16.6. The Bertz CT molecular complexity index is 590. The molecular formula is C15H21N3O4. The number of likely N-dealkylation sites (N-methyl/N-ethyl adjacent to an activating group) is 1. The third kappa shape index (κ3) is 2.89. The summed E-state index contributed by atoms with van der Waals surface area (Å²) in [6, 6.07) is 4.89. The van der Waals surface area contributed by atoms with Gasteiger partial charge in [-0.25, -0.2) is 0 Å². The summed E-state index contributed by atoms with van der Waals surface area (Å²) in [4.78, 5) is 24.8. The molecule has 1 aromatic carbocycles. The molecule has 1 aliphatic heterocycles. The molecule has 1 unspecified atom stereocenters. The maximum absolute atomic E-state index is 12.3. The highest BCUT2D eigenvalue weighted by Gasteiger charge is 2.43. The zero-order valence-corrected chi connectivity index (χ0v) is 12.8. The number of nitro benzene ring substituents is 1. The van der Waals surface area contributed by atoms with Gasteiger partial charge in [0.25, 0.3) is 5.69 Å². The first-order valence-corrected chi connectivity index (χ1v) is 7.29. The van der Waals surface area contributed by atoms with Gasteiger partial charge in [-0.05, 0) is 31.4 Å². The van der Waals surface area contributed by atoms with Crippen molar-refractivity contribution in [1.29, 1.82) is 0 Å². The van der Waals surface area contributed by atoms with Gasteiger partial charge >= 0.3 is 0 Å². The summed E-state index contributed by atoms with van der Waals surface area (Å²) in [7, 11) is 1.74. The second kappa shape index (κ2) is 6.31. The molecule has 1 heterocycles. The van der Waals surface area contributed by atoms with E-state index in [-0.39, 0.29) is 18.2 Å². The van der Waals surface area contributed by atoms with E-state index in [4.69, 9.17) is 5.11 Å². The predicted molar refractivity (Wildman–Crippen MR) is 82.9 cm³/mol. The zero-order valence-electron chi connectivity index (χ0n) is 12.8. The normalized spacial score (nSPS) is 21.2. The van der Waals surface area contributed by atoms with Gasteiger partial charge in [-0.2, -0.15) is 0 Å². The van der Waals surface area contributed by atoms with Crippen LogP contribution in [0.3, 0.4) is 0 Å². The molecule has 0 bridgehead atoms. The van der Waals surface area contributed by atoms with Crippen LogP contribution in [0.25, 0.3) is 0 Å². The minimum Gasteiger partial charge on any atom is -0.396 e. The molecule has 0 saturated carbocycles. The number of hydrogen-bond acceptors (Lipinski definition) is 5. The van der Waals surface area contributed by atoms with Crippen LogP contribution in [0.1, 0.15) is 25.3 Å². The number of amides is 1. The number of aliphatic hydroxyl groups is 1. The number of anilines is 1. The molecule has 1 amide bonds. The van der Waals surface area contributed by atoms with E-state index in [9.17, 15) is 14.9 Å². The molecule has 7 nitrogen and oxygen atoms in total. The highest BCUT2D eigenvalue weighted by molar-refractivity contribution is 5.90. The molecule has 7 heteroatoms. The van der Waals surface area contributed by atoms with Crippen molar-refractivity contribution in [3.05, 3.63) is 33.9 Å². The average Bonchev–Trinajstić information content (AvgIpc) is 2.76. The third-order valence-electron chi connectivity index (χ3n) is 4.25. The Morgan fingerprint density at radius 3 is 2.77 bits per heavy atom. The molecule has 2 N–H and O–H groups in total. The number of carbonyl (C=O) groups excluding carboxylic acids is 1. The number of nitrogens with zero attached hydrogens (tertiary/aromatic N) is 2. The SMILES string of the molecule is CN1CCC(C)(c2ccc(NCCCO)c([N+](=O)[O-])c2)C1=O. The van der Waals surface area contributed by atoms with E-state index < -0.39 is 10.3 Å². The fourth-order valence-corrected chi connectivity index (χ4v) is 2.77. The largest absolute Gasteiger partial charge is 0.396 e. The Morgan fingerprint density at radius 1 is 1.50 bits per heavy atom. The average molecular weight is 307 g/mol. The lowest BCUT2D eigenvalue weighted by atomic mass is 9.81. The van der Waals surface area contributed by atoms with E-state index in [2.05, 4.69) is 5.32 Å². The Labute approximate surface area is 129 Å². The van der Waals surface area contributed by atoms with Crippen molar-refractivity contribution >= 4 is 17.3 Å². The van der Waals surface area contributed by atoms with Gasteiger partial charge in [-0.15, -0.1) is 0 Å². The monoisotopic (exact) mass is 307 g/mol. The van der Waals surface area contributed by atoms with Crippen LogP contribution in [0.4, 0.5) is 11.4 Å². The summed E-state index contributed by atoms with van der Waals surface area (Å²) < 4.78 is 0. The molecule has 22 heavy (non-hydrogen) atoms. The first-order valence-electron chi connectivity index (χ1n) is 7.29. The standard InChI is InChI=1S/C15H21N3O4/c1-15(6-8-17(2)14(15)20)11-4-5-12(16-7-3-9-19)13(10-11)18(21)22/h4-5,10,16,19H,3,6-9H2,1-2H3. The van der Waals surface area contributed by atoms with Gasteiger partial charge in [0.2, 0.25) is 5.91 Å².